The summed E-state index contributed by atoms with van der Waals surface area (Å²) in [6.45, 7) is 1.74. The van der Waals surface area contributed by atoms with Crippen LogP contribution in [0.2, 0.25) is 5.15 Å². The topological polar surface area (TPSA) is 115 Å². The zero-order valence-electron chi connectivity index (χ0n) is 11.1. The number of hydrogen-bond donors (Lipinski definition) is 3. The van der Waals surface area contributed by atoms with Gasteiger partial charge in [-0.3, -0.25) is 14.8 Å². The maximum Gasteiger partial charge on any atom is 0.324 e. The standard InChI is InChI=1S/C12H13ClN6O2/c1-7-5-15-9(13)4-8(7)16-12(21)17-11-2-3-19(18-11)6-10(14)20/h2-5H,6H2,1H3,(H2,14,20)(H2,15,16,17,18,21). The summed E-state index contributed by atoms with van der Waals surface area (Å²) in [5.74, 6) is -0.220. The molecule has 9 heteroatoms. The Kier molecular flexibility index (Phi) is 4.39. The van der Waals surface area contributed by atoms with E-state index in [1.165, 1.54) is 10.9 Å². The van der Waals surface area contributed by atoms with Gasteiger partial charge in [-0.15, -0.1) is 0 Å². The van der Waals surface area contributed by atoms with Crippen LogP contribution >= 0.6 is 11.6 Å². The molecule has 2 aromatic heterocycles. The number of nitrogens with two attached hydrogens (primary N) is 1. The largest absolute Gasteiger partial charge is 0.368 e. The van der Waals surface area contributed by atoms with Crippen molar-refractivity contribution in [3.05, 3.63) is 35.2 Å². The highest BCUT2D eigenvalue weighted by atomic mass is 35.5. The molecule has 21 heavy (non-hydrogen) atoms. The predicted octanol–water partition coefficient (Wildman–Crippen LogP) is 1.37. The van der Waals surface area contributed by atoms with E-state index in [9.17, 15) is 9.59 Å². The Morgan fingerprint density at radius 1 is 1.43 bits per heavy atom. The third-order valence-corrected chi connectivity index (χ3v) is 2.72. The number of urea groups is 1. The minimum Gasteiger partial charge on any atom is -0.368 e. The van der Waals surface area contributed by atoms with Crippen molar-refractivity contribution in [2.24, 2.45) is 5.73 Å². The predicted molar refractivity (Wildman–Crippen MR) is 78.0 cm³/mol. The summed E-state index contributed by atoms with van der Waals surface area (Å²) in [6, 6.07) is 2.61. The first kappa shape index (κ1) is 14.8. The fourth-order valence-electron chi connectivity index (χ4n) is 1.58. The average molecular weight is 309 g/mol. The van der Waals surface area contributed by atoms with Gasteiger partial charge in [0.15, 0.2) is 5.82 Å². The van der Waals surface area contributed by atoms with Crippen LogP contribution in [0.25, 0.3) is 0 Å². The van der Waals surface area contributed by atoms with Crippen molar-refractivity contribution < 1.29 is 9.59 Å². The van der Waals surface area contributed by atoms with E-state index in [-0.39, 0.29) is 11.7 Å². The number of anilines is 2. The zero-order chi connectivity index (χ0) is 15.4. The van der Waals surface area contributed by atoms with Crippen LogP contribution in [0, 0.1) is 6.92 Å². The van der Waals surface area contributed by atoms with E-state index in [2.05, 4.69) is 20.7 Å². The van der Waals surface area contributed by atoms with Gasteiger partial charge in [0.05, 0.1) is 0 Å². The number of hydrogen-bond acceptors (Lipinski definition) is 4. The molecule has 3 amide bonds. The number of rotatable bonds is 4. The van der Waals surface area contributed by atoms with Crippen LogP contribution in [0.4, 0.5) is 16.3 Å². The number of primary amides is 1. The molecule has 0 unspecified atom stereocenters. The molecule has 0 aliphatic heterocycles. The normalized spacial score (nSPS) is 10.2. The SMILES string of the molecule is Cc1cnc(Cl)cc1NC(=O)Nc1ccn(CC(N)=O)n1. The van der Waals surface area contributed by atoms with Crippen molar-refractivity contribution in [1.29, 1.82) is 0 Å². The number of pyridine rings is 1. The lowest BCUT2D eigenvalue weighted by Crippen LogP contribution is -2.21. The van der Waals surface area contributed by atoms with Crippen LogP contribution in [0.1, 0.15) is 5.56 Å². The van der Waals surface area contributed by atoms with Gasteiger partial charge in [0.2, 0.25) is 5.91 Å². The molecule has 0 saturated carbocycles. The first-order chi connectivity index (χ1) is 9.94. The van der Waals surface area contributed by atoms with Crippen LogP contribution in [0.5, 0.6) is 0 Å². The molecule has 0 atom stereocenters. The van der Waals surface area contributed by atoms with Crippen LogP contribution in [-0.4, -0.2) is 26.7 Å². The lowest BCUT2D eigenvalue weighted by Gasteiger charge is -2.08. The van der Waals surface area contributed by atoms with E-state index >= 15 is 0 Å². The number of carbonyl (C=O) groups excluding carboxylic acids is 2. The molecular formula is C12H13ClN6O2. The van der Waals surface area contributed by atoms with E-state index in [0.717, 1.165) is 5.56 Å². The molecule has 0 aliphatic rings. The second-order valence-corrected chi connectivity index (χ2v) is 4.65. The third kappa shape index (κ3) is 4.18. The molecule has 110 valence electrons. The summed E-state index contributed by atoms with van der Waals surface area (Å²) in [7, 11) is 0. The number of nitrogens with zero attached hydrogens (tertiary/aromatic N) is 3. The maximum absolute atomic E-state index is 11.9. The summed E-state index contributed by atoms with van der Waals surface area (Å²) < 4.78 is 1.33. The van der Waals surface area contributed by atoms with Crippen molar-refractivity contribution in [1.82, 2.24) is 14.8 Å². The van der Waals surface area contributed by atoms with Gasteiger partial charge < -0.3 is 11.1 Å². The maximum atomic E-state index is 11.9. The van der Waals surface area contributed by atoms with Crippen LogP contribution in [0.15, 0.2) is 24.5 Å². The summed E-state index contributed by atoms with van der Waals surface area (Å²) >= 11 is 5.77. The molecule has 2 heterocycles. The zero-order valence-corrected chi connectivity index (χ0v) is 11.9. The number of amides is 3. The van der Waals surface area contributed by atoms with Gasteiger partial charge in [0.1, 0.15) is 11.7 Å². The van der Waals surface area contributed by atoms with Crippen molar-refractivity contribution in [3.8, 4) is 0 Å². The van der Waals surface area contributed by atoms with Crippen LogP contribution in [-0.2, 0) is 11.3 Å². The number of aryl methyl sites for hydroxylation is 1. The van der Waals surface area contributed by atoms with E-state index < -0.39 is 11.9 Å². The Hall–Kier alpha value is -2.61. The van der Waals surface area contributed by atoms with E-state index in [1.807, 2.05) is 0 Å². The van der Waals surface area contributed by atoms with E-state index in [4.69, 9.17) is 17.3 Å². The molecule has 8 nitrogen and oxygen atoms in total. The molecule has 0 spiro atoms. The third-order valence-electron chi connectivity index (χ3n) is 2.52. The molecule has 2 aromatic rings. The second-order valence-electron chi connectivity index (χ2n) is 4.27. The van der Waals surface area contributed by atoms with Gasteiger partial charge >= 0.3 is 6.03 Å². The summed E-state index contributed by atoms with van der Waals surface area (Å²) in [6.07, 6.45) is 3.09. The summed E-state index contributed by atoms with van der Waals surface area (Å²) in [5.41, 5.74) is 6.37. The molecule has 4 N–H and O–H groups in total. The molecule has 2 rings (SSSR count). The van der Waals surface area contributed by atoms with Crippen molar-refractivity contribution in [2.75, 3.05) is 10.6 Å². The molecule has 0 bridgehead atoms. The first-order valence-corrected chi connectivity index (χ1v) is 6.34. The number of nitrogens with one attached hydrogen (secondary N) is 2. The second kappa shape index (κ2) is 6.23. The van der Waals surface area contributed by atoms with Gasteiger partial charge in [-0.25, -0.2) is 9.78 Å². The minimum atomic E-state index is -0.517. The van der Waals surface area contributed by atoms with Crippen molar-refractivity contribution >= 4 is 35.0 Å². The van der Waals surface area contributed by atoms with Gasteiger partial charge in [0.25, 0.3) is 0 Å². The minimum absolute atomic E-state index is 0.0532. The highest BCUT2D eigenvalue weighted by Gasteiger charge is 2.08. The first-order valence-electron chi connectivity index (χ1n) is 5.96. The number of halogens is 1. The van der Waals surface area contributed by atoms with Gasteiger partial charge in [0, 0.05) is 24.1 Å². The van der Waals surface area contributed by atoms with Crippen molar-refractivity contribution in [3.63, 3.8) is 0 Å². The van der Waals surface area contributed by atoms with Crippen LogP contribution < -0.4 is 16.4 Å². The fraction of sp³-hybridized carbons (Fsp3) is 0.167. The van der Waals surface area contributed by atoms with Crippen molar-refractivity contribution in [2.45, 2.75) is 13.5 Å². The van der Waals surface area contributed by atoms with Gasteiger partial charge in [-0.2, -0.15) is 5.10 Å². The van der Waals surface area contributed by atoms with Gasteiger partial charge in [-0.05, 0) is 18.6 Å². The average Bonchev–Trinajstić information content (AvgIpc) is 2.80. The van der Waals surface area contributed by atoms with E-state index in [0.29, 0.717) is 11.5 Å². The number of carbonyl (C=O) groups is 2. The van der Waals surface area contributed by atoms with Crippen LogP contribution in [0.3, 0.4) is 0 Å². The molecule has 0 aliphatic carbocycles. The highest BCUT2D eigenvalue weighted by molar-refractivity contribution is 6.29. The molecule has 0 fully saturated rings. The Bertz CT molecular complexity index is 684. The monoisotopic (exact) mass is 308 g/mol. The molecule has 0 saturated heterocycles. The Labute approximate surface area is 125 Å². The highest BCUT2D eigenvalue weighted by Crippen LogP contribution is 2.17. The Balaban J connectivity index is 2.00. The summed E-state index contributed by atoms with van der Waals surface area (Å²) in [5, 5.41) is 9.42. The quantitative estimate of drug-likeness (QED) is 0.740. The lowest BCUT2D eigenvalue weighted by molar-refractivity contribution is -0.118. The van der Waals surface area contributed by atoms with Gasteiger partial charge in [-0.1, -0.05) is 11.6 Å². The number of aromatic nitrogens is 3. The molecule has 0 radical (unpaired) electrons. The van der Waals surface area contributed by atoms with E-state index in [1.54, 1.807) is 25.3 Å². The lowest BCUT2D eigenvalue weighted by atomic mass is 10.2. The Morgan fingerprint density at radius 3 is 2.90 bits per heavy atom. The smallest absolute Gasteiger partial charge is 0.324 e. The fourth-order valence-corrected chi connectivity index (χ4v) is 1.74. The molecular weight excluding hydrogens is 296 g/mol. The molecule has 0 aromatic carbocycles. The summed E-state index contributed by atoms with van der Waals surface area (Å²) in [4.78, 5) is 26.5. The Morgan fingerprint density at radius 2 is 2.19 bits per heavy atom.